The Balaban J connectivity index is 1.63. The van der Waals surface area contributed by atoms with Gasteiger partial charge in [-0.2, -0.15) is 4.98 Å². The molecule has 0 aromatic carbocycles. The first-order valence-corrected chi connectivity index (χ1v) is 5.51. The molecule has 0 saturated carbocycles. The summed E-state index contributed by atoms with van der Waals surface area (Å²) in [4.78, 5) is 15.7. The molecule has 0 bridgehead atoms. The van der Waals surface area contributed by atoms with Crippen LogP contribution in [0.1, 0.15) is 16.4 Å². The molecule has 0 spiro atoms. The first-order valence-electron chi connectivity index (χ1n) is 5.51. The Labute approximate surface area is 107 Å². The van der Waals surface area contributed by atoms with Gasteiger partial charge in [0.15, 0.2) is 11.5 Å². The highest BCUT2D eigenvalue weighted by Gasteiger charge is 2.13. The van der Waals surface area contributed by atoms with E-state index < -0.39 is 0 Å². The van der Waals surface area contributed by atoms with Crippen LogP contribution in [0, 0.1) is 0 Å². The second kappa shape index (κ2) is 4.81. The van der Waals surface area contributed by atoms with Crippen LogP contribution in [-0.2, 0) is 6.54 Å². The summed E-state index contributed by atoms with van der Waals surface area (Å²) in [5.74, 6) is 1.01. The molecule has 7 heteroatoms. The number of rotatable bonds is 4. The minimum Gasteiger partial charge on any atom is -0.461 e. The Morgan fingerprint density at radius 3 is 2.79 bits per heavy atom. The van der Waals surface area contributed by atoms with Crippen LogP contribution in [0.15, 0.2) is 50.1 Å². The quantitative estimate of drug-likeness (QED) is 0.768. The number of amides is 1. The van der Waals surface area contributed by atoms with Gasteiger partial charge in [0, 0.05) is 0 Å². The van der Waals surface area contributed by atoms with E-state index in [0.717, 1.165) is 0 Å². The summed E-state index contributed by atoms with van der Waals surface area (Å²) >= 11 is 0. The van der Waals surface area contributed by atoms with Crippen molar-refractivity contribution in [3.8, 4) is 11.6 Å². The van der Waals surface area contributed by atoms with E-state index in [2.05, 4.69) is 15.5 Å². The SMILES string of the molecule is O=C(NCc1nc(-c2ccco2)no1)c1ccco1. The molecule has 7 nitrogen and oxygen atoms in total. The smallest absolute Gasteiger partial charge is 0.287 e. The van der Waals surface area contributed by atoms with Crippen molar-refractivity contribution in [2.75, 3.05) is 0 Å². The third-order valence-electron chi connectivity index (χ3n) is 2.35. The lowest BCUT2D eigenvalue weighted by molar-refractivity contribution is 0.0918. The van der Waals surface area contributed by atoms with Gasteiger partial charge in [-0.3, -0.25) is 4.79 Å². The number of aromatic nitrogens is 2. The summed E-state index contributed by atoms with van der Waals surface area (Å²) in [6, 6.07) is 6.65. The van der Waals surface area contributed by atoms with Gasteiger partial charge < -0.3 is 18.7 Å². The number of carbonyl (C=O) groups excluding carboxylic acids is 1. The normalized spacial score (nSPS) is 10.5. The van der Waals surface area contributed by atoms with Crippen LogP contribution in [0.3, 0.4) is 0 Å². The molecule has 0 atom stereocenters. The maximum atomic E-state index is 11.6. The van der Waals surface area contributed by atoms with Gasteiger partial charge in [0.25, 0.3) is 5.91 Å². The summed E-state index contributed by atoms with van der Waals surface area (Å²) < 4.78 is 15.1. The molecule has 19 heavy (non-hydrogen) atoms. The summed E-state index contributed by atoms with van der Waals surface area (Å²) in [5.41, 5.74) is 0. The van der Waals surface area contributed by atoms with Crippen LogP contribution in [0.25, 0.3) is 11.6 Å². The number of carbonyl (C=O) groups is 1. The second-order valence-corrected chi connectivity index (χ2v) is 3.65. The molecule has 0 aliphatic rings. The maximum absolute atomic E-state index is 11.6. The number of nitrogens with zero attached hydrogens (tertiary/aromatic N) is 2. The van der Waals surface area contributed by atoms with Crippen molar-refractivity contribution >= 4 is 5.91 Å². The molecule has 0 saturated heterocycles. The fourth-order valence-electron chi connectivity index (χ4n) is 1.48. The first-order chi connectivity index (χ1) is 9.33. The predicted molar refractivity (Wildman–Crippen MR) is 61.9 cm³/mol. The van der Waals surface area contributed by atoms with E-state index in [1.165, 1.54) is 12.5 Å². The largest absolute Gasteiger partial charge is 0.461 e. The Morgan fingerprint density at radius 1 is 1.21 bits per heavy atom. The van der Waals surface area contributed by atoms with Gasteiger partial charge in [-0.1, -0.05) is 5.16 Å². The Kier molecular flexibility index (Phi) is 2.85. The van der Waals surface area contributed by atoms with Crippen LogP contribution < -0.4 is 5.32 Å². The highest BCUT2D eigenvalue weighted by Crippen LogP contribution is 2.15. The molecular formula is C12H9N3O4. The van der Waals surface area contributed by atoms with E-state index in [1.54, 1.807) is 24.3 Å². The van der Waals surface area contributed by atoms with Crippen molar-refractivity contribution in [1.82, 2.24) is 15.5 Å². The first kappa shape index (κ1) is 11.3. The van der Waals surface area contributed by atoms with Gasteiger partial charge >= 0.3 is 0 Å². The van der Waals surface area contributed by atoms with E-state index in [-0.39, 0.29) is 24.1 Å². The lowest BCUT2D eigenvalue weighted by atomic mass is 10.4. The number of nitrogens with one attached hydrogen (secondary N) is 1. The summed E-state index contributed by atoms with van der Waals surface area (Å²) in [6.45, 7) is 0.118. The lowest BCUT2D eigenvalue weighted by Gasteiger charge is -1.97. The summed E-state index contributed by atoms with van der Waals surface area (Å²) in [7, 11) is 0. The van der Waals surface area contributed by atoms with Gasteiger partial charge in [0.05, 0.1) is 19.1 Å². The molecule has 3 heterocycles. The van der Waals surface area contributed by atoms with Crippen molar-refractivity contribution in [3.05, 3.63) is 48.4 Å². The van der Waals surface area contributed by atoms with E-state index in [0.29, 0.717) is 11.6 Å². The van der Waals surface area contributed by atoms with Gasteiger partial charge in [-0.25, -0.2) is 0 Å². The molecule has 0 aliphatic carbocycles. The van der Waals surface area contributed by atoms with Crippen LogP contribution >= 0.6 is 0 Å². The van der Waals surface area contributed by atoms with Gasteiger partial charge in [-0.15, -0.1) is 0 Å². The zero-order chi connectivity index (χ0) is 13.1. The topological polar surface area (TPSA) is 94.3 Å². The Morgan fingerprint density at radius 2 is 2.05 bits per heavy atom. The number of hydrogen-bond acceptors (Lipinski definition) is 6. The van der Waals surface area contributed by atoms with Crippen molar-refractivity contribution in [1.29, 1.82) is 0 Å². The van der Waals surface area contributed by atoms with E-state index in [9.17, 15) is 4.79 Å². The maximum Gasteiger partial charge on any atom is 0.287 e. The van der Waals surface area contributed by atoms with Crippen LogP contribution in [-0.4, -0.2) is 16.0 Å². The van der Waals surface area contributed by atoms with E-state index >= 15 is 0 Å². The van der Waals surface area contributed by atoms with Crippen molar-refractivity contribution in [3.63, 3.8) is 0 Å². The van der Waals surface area contributed by atoms with Crippen molar-refractivity contribution < 1.29 is 18.2 Å². The number of furan rings is 2. The molecule has 3 aromatic rings. The Bertz CT molecular complexity index is 655. The molecule has 3 aromatic heterocycles. The second-order valence-electron chi connectivity index (χ2n) is 3.65. The van der Waals surface area contributed by atoms with Crippen LogP contribution in [0.4, 0.5) is 0 Å². The van der Waals surface area contributed by atoms with Crippen molar-refractivity contribution in [2.24, 2.45) is 0 Å². The zero-order valence-corrected chi connectivity index (χ0v) is 9.70. The molecule has 1 N–H and O–H groups in total. The average Bonchev–Trinajstić information content (AvgIpc) is 3.14. The molecule has 0 unspecified atom stereocenters. The van der Waals surface area contributed by atoms with Gasteiger partial charge in [0.1, 0.15) is 0 Å². The standard InChI is InChI=1S/C12H9N3O4/c16-12(9-4-2-6-18-9)13-7-10-14-11(15-19-10)8-3-1-5-17-8/h1-6H,7H2,(H,13,16). The summed E-state index contributed by atoms with van der Waals surface area (Å²) in [6.07, 6.45) is 2.95. The molecule has 96 valence electrons. The van der Waals surface area contributed by atoms with Crippen molar-refractivity contribution in [2.45, 2.75) is 6.54 Å². The minimum atomic E-state index is -0.345. The fraction of sp³-hybridized carbons (Fsp3) is 0.0833. The lowest BCUT2D eigenvalue weighted by Crippen LogP contribution is -2.22. The van der Waals surface area contributed by atoms with Gasteiger partial charge in [0.2, 0.25) is 11.7 Å². The fourth-order valence-corrected chi connectivity index (χ4v) is 1.48. The van der Waals surface area contributed by atoms with E-state index in [1.807, 2.05) is 0 Å². The third kappa shape index (κ3) is 2.39. The zero-order valence-electron chi connectivity index (χ0n) is 9.70. The molecule has 0 aliphatic heterocycles. The highest BCUT2D eigenvalue weighted by molar-refractivity contribution is 5.91. The molecule has 0 radical (unpaired) electrons. The average molecular weight is 259 g/mol. The monoisotopic (exact) mass is 259 g/mol. The van der Waals surface area contributed by atoms with Gasteiger partial charge in [-0.05, 0) is 24.3 Å². The van der Waals surface area contributed by atoms with E-state index in [4.69, 9.17) is 13.4 Å². The van der Waals surface area contributed by atoms with Crippen LogP contribution in [0.5, 0.6) is 0 Å². The number of hydrogen-bond donors (Lipinski definition) is 1. The third-order valence-corrected chi connectivity index (χ3v) is 2.35. The minimum absolute atomic E-state index is 0.118. The molecule has 0 fully saturated rings. The predicted octanol–water partition coefficient (Wildman–Crippen LogP) is 1.85. The molecule has 1 amide bonds. The summed E-state index contributed by atoms with van der Waals surface area (Å²) in [5, 5.41) is 6.35. The highest BCUT2D eigenvalue weighted by atomic mass is 16.5. The van der Waals surface area contributed by atoms with Crippen LogP contribution in [0.2, 0.25) is 0 Å². The molecular weight excluding hydrogens is 250 g/mol. The molecule has 3 rings (SSSR count). The Hall–Kier alpha value is -2.83.